The van der Waals surface area contributed by atoms with Crippen molar-refractivity contribution in [3.05, 3.63) is 52.5 Å². The molecule has 0 aliphatic heterocycles. The minimum absolute atomic E-state index is 0.426. The van der Waals surface area contributed by atoms with Crippen molar-refractivity contribution in [2.24, 2.45) is 5.73 Å². The number of halogens is 2. The second-order valence-electron chi connectivity index (χ2n) is 3.77. The quantitative estimate of drug-likeness (QED) is 0.920. The van der Waals surface area contributed by atoms with Crippen LogP contribution in [0.2, 0.25) is 10.0 Å². The van der Waals surface area contributed by atoms with Crippen molar-refractivity contribution < 1.29 is 4.74 Å². The number of nitrogens with two attached hydrogens (primary N) is 1. The molecule has 0 amide bonds. The number of ether oxygens (including phenoxy) is 1. The number of hydrogen-bond acceptors (Lipinski definition) is 2. The summed E-state index contributed by atoms with van der Waals surface area (Å²) in [5, 5.41) is 1.10. The van der Waals surface area contributed by atoms with Gasteiger partial charge in [-0.05, 0) is 17.7 Å². The summed E-state index contributed by atoms with van der Waals surface area (Å²) < 4.78 is 5.49. The van der Waals surface area contributed by atoms with Crippen molar-refractivity contribution in [3.8, 4) is 16.9 Å². The van der Waals surface area contributed by atoms with Gasteiger partial charge in [0.1, 0.15) is 12.4 Å². The molecule has 0 bridgehead atoms. The average molecular weight is 282 g/mol. The van der Waals surface area contributed by atoms with Crippen molar-refractivity contribution in [3.63, 3.8) is 0 Å². The Labute approximate surface area is 116 Å². The molecule has 0 aliphatic rings. The molecule has 0 saturated heterocycles. The van der Waals surface area contributed by atoms with Gasteiger partial charge < -0.3 is 10.5 Å². The van der Waals surface area contributed by atoms with Gasteiger partial charge in [0.2, 0.25) is 0 Å². The van der Waals surface area contributed by atoms with Gasteiger partial charge in [-0.3, -0.25) is 0 Å². The summed E-state index contributed by atoms with van der Waals surface area (Å²) in [7, 11) is 0. The standard InChI is InChI=1S/C14H13Cl2NO/c15-12-9-13(16)14(18-7-6-17)8-11(12)10-4-2-1-3-5-10/h1-5,8-9H,6-7,17H2. The van der Waals surface area contributed by atoms with Crippen LogP contribution in [0, 0.1) is 0 Å². The molecule has 0 heterocycles. The maximum atomic E-state index is 6.21. The van der Waals surface area contributed by atoms with Crippen molar-refractivity contribution in [1.82, 2.24) is 0 Å². The van der Waals surface area contributed by atoms with Crippen LogP contribution >= 0.6 is 23.2 Å². The van der Waals surface area contributed by atoms with Crippen LogP contribution in [0.3, 0.4) is 0 Å². The fourth-order valence-electron chi connectivity index (χ4n) is 1.65. The van der Waals surface area contributed by atoms with E-state index in [2.05, 4.69) is 0 Å². The predicted octanol–water partition coefficient (Wildman–Crippen LogP) is 4.00. The third-order valence-corrected chi connectivity index (χ3v) is 3.09. The number of hydrogen-bond donors (Lipinski definition) is 1. The molecular weight excluding hydrogens is 269 g/mol. The number of rotatable bonds is 4. The van der Waals surface area contributed by atoms with Crippen molar-refractivity contribution in [1.29, 1.82) is 0 Å². The normalized spacial score (nSPS) is 10.4. The molecule has 2 rings (SSSR count). The topological polar surface area (TPSA) is 35.2 Å². The summed E-state index contributed by atoms with van der Waals surface area (Å²) in [6.07, 6.45) is 0. The lowest BCUT2D eigenvalue weighted by Gasteiger charge is -2.11. The molecule has 0 fully saturated rings. The highest BCUT2D eigenvalue weighted by Gasteiger charge is 2.09. The Morgan fingerprint density at radius 2 is 1.72 bits per heavy atom. The fraction of sp³-hybridized carbons (Fsp3) is 0.143. The zero-order valence-electron chi connectivity index (χ0n) is 9.70. The molecule has 0 atom stereocenters. The largest absolute Gasteiger partial charge is 0.491 e. The lowest BCUT2D eigenvalue weighted by atomic mass is 10.1. The Hall–Kier alpha value is -1.22. The van der Waals surface area contributed by atoms with Gasteiger partial charge in [0.25, 0.3) is 0 Å². The molecule has 0 saturated carbocycles. The molecule has 0 unspecified atom stereocenters. The predicted molar refractivity (Wildman–Crippen MR) is 76.4 cm³/mol. The highest BCUT2D eigenvalue weighted by molar-refractivity contribution is 6.37. The lowest BCUT2D eigenvalue weighted by Crippen LogP contribution is -2.10. The molecule has 2 nitrogen and oxygen atoms in total. The van der Waals surface area contributed by atoms with Gasteiger partial charge in [-0.1, -0.05) is 53.5 Å². The fourth-order valence-corrected chi connectivity index (χ4v) is 2.19. The minimum Gasteiger partial charge on any atom is -0.491 e. The molecular formula is C14H13Cl2NO. The molecule has 94 valence electrons. The second-order valence-corrected chi connectivity index (χ2v) is 4.58. The van der Waals surface area contributed by atoms with Gasteiger partial charge in [-0.15, -0.1) is 0 Å². The highest BCUT2D eigenvalue weighted by atomic mass is 35.5. The van der Waals surface area contributed by atoms with E-state index < -0.39 is 0 Å². The summed E-state index contributed by atoms with van der Waals surface area (Å²) in [4.78, 5) is 0. The monoisotopic (exact) mass is 281 g/mol. The first-order chi connectivity index (χ1) is 8.72. The second kappa shape index (κ2) is 6.10. The molecule has 4 heteroatoms. The lowest BCUT2D eigenvalue weighted by molar-refractivity contribution is 0.328. The first-order valence-corrected chi connectivity index (χ1v) is 6.35. The number of benzene rings is 2. The van der Waals surface area contributed by atoms with Gasteiger partial charge in [-0.2, -0.15) is 0 Å². The summed E-state index contributed by atoms with van der Waals surface area (Å²) in [5.41, 5.74) is 7.33. The maximum Gasteiger partial charge on any atom is 0.138 e. The van der Waals surface area contributed by atoms with E-state index >= 15 is 0 Å². The first-order valence-electron chi connectivity index (χ1n) is 5.59. The molecule has 0 radical (unpaired) electrons. The van der Waals surface area contributed by atoms with Crippen molar-refractivity contribution >= 4 is 23.2 Å². The van der Waals surface area contributed by atoms with E-state index in [1.165, 1.54) is 0 Å². The Balaban J connectivity index is 2.42. The van der Waals surface area contributed by atoms with Crippen LogP contribution in [0.4, 0.5) is 0 Å². The molecule has 0 spiro atoms. The zero-order chi connectivity index (χ0) is 13.0. The van der Waals surface area contributed by atoms with Gasteiger partial charge in [0.05, 0.1) is 10.0 Å². The SMILES string of the molecule is NCCOc1cc(-c2ccccc2)c(Cl)cc1Cl. The highest BCUT2D eigenvalue weighted by Crippen LogP contribution is 2.36. The Kier molecular flexibility index (Phi) is 4.48. The Morgan fingerprint density at radius 1 is 1.00 bits per heavy atom. The van der Waals surface area contributed by atoms with Crippen molar-refractivity contribution in [2.75, 3.05) is 13.2 Å². The van der Waals surface area contributed by atoms with E-state index in [4.69, 9.17) is 33.7 Å². The molecule has 18 heavy (non-hydrogen) atoms. The zero-order valence-corrected chi connectivity index (χ0v) is 11.2. The van der Waals surface area contributed by atoms with Crippen LogP contribution < -0.4 is 10.5 Å². The average Bonchev–Trinajstić information content (AvgIpc) is 2.39. The van der Waals surface area contributed by atoms with E-state index in [-0.39, 0.29) is 0 Å². The summed E-state index contributed by atoms with van der Waals surface area (Å²) in [5.74, 6) is 0.602. The maximum absolute atomic E-state index is 6.21. The van der Waals surface area contributed by atoms with E-state index in [9.17, 15) is 0 Å². The first kappa shape index (κ1) is 13.2. The van der Waals surface area contributed by atoms with E-state index in [0.29, 0.717) is 28.9 Å². The molecule has 0 aromatic heterocycles. The molecule has 0 aliphatic carbocycles. The van der Waals surface area contributed by atoms with Crippen LogP contribution in [0.15, 0.2) is 42.5 Å². The minimum atomic E-state index is 0.426. The summed E-state index contributed by atoms with van der Waals surface area (Å²) in [6, 6.07) is 13.4. The van der Waals surface area contributed by atoms with Crippen LogP contribution in [0.1, 0.15) is 0 Å². The van der Waals surface area contributed by atoms with Crippen molar-refractivity contribution in [2.45, 2.75) is 0 Å². The smallest absolute Gasteiger partial charge is 0.138 e. The van der Waals surface area contributed by atoms with E-state index in [1.54, 1.807) is 6.07 Å². The van der Waals surface area contributed by atoms with Gasteiger partial charge >= 0.3 is 0 Å². The Bertz CT molecular complexity index is 529. The molecule has 2 N–H and O–H groups in total. The van der Waals surface area contributed by atoms with Gasteiger partial charge in [-0.25, -0.2) is 0 Å². The van der Waals surface area contributed by atoms with Gasteiger partial charge in [0, 0.05) is 12.1 Å². The van der Waals surface area contributed by atoms with Crippen LogP contribution in [0.5, 0.6) is 5.75 Å². The van der Waals surface area contributed by atoms with Crippen LogP contribution in [-0.4, -0.2) is 13.2 Å². The third kappa shape index (κ3) is 2.96. The van der Waals surface area contributed by atoms with Crippen LogP contribution in [0.25, 0.3) is 11.1 Å². The summed E-state index contributed by atoms with van der Waals surface area (Å²) in [6.45, 7) is 0.870. The van der Waals surface area contributed by atoms with Gasteiger partial charge in [0.15, 0.2) is 0 Å². The van der Waals surface area contributed by atoms with Crippen LogP contribution in [-0.2, 0) is 0 Å². The molecule has 2 aromatic rings. The van der Waals surface area contributed by atoms with E-state index in [0.717, 1.165) is 11.1 Å². The Morgan fingerprint density at radius 3 is 2.39 bits per heavy atom. The summed E-state index contributed by atoms with van der Waals surface area (Å²) >= 11 is 12.3. The van der Waals surface area contributed by atoms with E-state index in [1.807, 2.05) is 36.4 Å². The third-order valence-electron chi connectivity index (χ3n) is 2.48. The molecule has 2 aromatic carbocycles.